The molecule has 0 radical (unpaired) electrons. The molecule has 0 unspecified atom stereocenters. The summed E-state index contributed by atoms with van der Waals surface area (Å²) < 4.78 is 0. The maximum absolute atomic E-state index is 11.1. The first kappa shape index (κ1) is 11.0. The van der Waals surface area contributed by atoms with Crippen LogP contribution in [0.4, 0.5) is 0 Å². The summed E-state index contributed by atoms with van der Waals surface area (Å²) in [5.74, 6) is -1.05. The molecular weight excluding hydrogens is 204 g/mol. The van der Waals surface area contributed by atoms with Crippen molar-refractivity contribution in [2.45, 2.75) is 26.7 Å². The number of benzene rings is 1. The van der Waals surface area contributed by atoms with Crippen LogP contribution < -0.4 is 0 Å². The van der Waals surface area contributed by atoms with E-state index in [1.807, 2.05) is 32.9 Å². The average Bonchev–Trinajstić information content (AvgIpc) is 2.73. The Morgan fingerprint density at radius 1 is 1.38 bits per heavy atom. The van der Waals surface area contributed by atoms with E-state index in [2.05, 4.69) is 0 Å². The molecular formula is C13H16O3. The topological polar surface area (TPSA) is 57.5 Å². The van der Waals surface area contributed by atoms with Crippen LogP contribution in [0.5, 0.6) is 5.75 Å². The summed E-state index contributed by atoms with van der Waals surface area (Å²) in [5.41, 5.74) is 1.54. The molecule has 1 aromatic rings. The first-order chi connectivity index (χ1) is 7.35. The van der Waals surface area contributed by atoms with Gasteiger partial charge in [0, 0.05) is 5.92 Å². The summed E-state index contributed by atoms with van der Waals surface area (Å²) in [4.78, 5) is 11.1. The number of aryl methyl sites for hydroxylation is 1. The van der Waals surface area contributed by atoms with Gasteiger partial charge in [-0.05, 0) is 24.0 Å². The maximum atomic E-state index is 11.1. The normalized spacial score (nSPS) is 26.4. The molecule has 1 aromatic carbocycles. The average molecular weight is 220 g/mol. The molecule has 2 rings (SSSR count). The summed E-state index contributed by atoms with van der Waals surface area (Å²) >= 11 is 0. The lowest BCUT2D eigenvalue weighted by molar-refractivity contribution is -0.139. The van der Waals surface area contributed by atoms with Crippen molar-refractivity contribution in [2.24, 2.45) is 11.3 Å². The van der Waals surface area contributed by atoms with Crippen LogP contribution in [0.15, 0.2) is 18.2 Å². The fraction of sp³-hybridized carbons (Fsp3) is 0.462. The highest BCUT2D eigenvalue weighted by molar-refractivity contribution is 5.78. The third-order valence-electron chi connectivity index (χ3n) is 3.61. The number of carbonyl (C=O) groups is 1. The maximum Gasteiger partial charge on any atom is 0.307 e. The van der Waals surface area contributed by atoms with Crippen LogP contribution in [0.2, 0.25) is 0 Å². The monoisotopic (exact) mass is 220 g/mol. The fourth-order valence-corrected chi connectivity index (χ4v) is 2.60. The van der Waals surface area contributed by atoms with Crippen molar-refractivity contribution in [3.05, 3.63) is 29.3 Å². The van der Waals surface area contributed by atoms with E-state index >= 15 is 0 Å². The number of aliphatic carboxylic acids is 1. The summed E-state index contributed by atoms with van der Waals surface area (Å²) in [5, 5.41) is 18.9. The second-order valence-electron chi connectivity index (χ2n) is 5.18. The number of carboxylic acids is 1. The molecule has 0 saturated heterocycles. The van der Waals surface area contributed by atoms with Crippen LogP contribution in [0.25, 0.3) is 0 Å². The zero-order valence-corrected chi connectivity index (χ0v) is 9.69. The standard InChI is InChI=1S/C13H16O3/c1-7-4-5-9(14)8(6-7)10-11(12(15)16)13(10,2)3/h4-6,10-11,14H,1-3H3,(H,15,16)/t10-,11+/m0/s1. The first-order valence-corrected chi connectivity index (χ1v) is 5.38. The Morgan fingerprint density at radius 2 is 2.00 bits per heavy atom. The number of phenols is 1. The molecule has 0 bridgehead atoms. The Morgan fingerprint density at radius 3 is 2.50 bits per heavy atom. The molecule has 0 aromatic heterocycles. The first-order valence-electron chi connectivity index (χ1n) is 5.38. The van der Waals surface area contributed by atoms with E-state index in [1.54, 1.807) is 6.07 Å². The lowest BCUT2D eigenvalue weighted by Crippen LogP contribution is -2.03. The van der Waals surface area contributed by atoms with E-state index in [0.29, 0.717) is 0 Å². The van der Waals surface area contributed by atoms with Gasteiger partial charge in [0.05, 0.1) is 5.92 Å². The van der Waals surface area contributed by atoms with E-state index in [9.17, 15) is 9.90 Å². The highest BCUT2D eigenvalue weighted by Crippen LogP contribution is 2.65. The summed E-state index contributed by atoms with van der Waals surface area (Å²) in [6, 6.07) is 5.34. The number of hydrogen-bond acceptors (Lipinski definition) is 2. The van der Waals surface area contributed by atoms with Crippen molar-refractivity contribution >= 4 is 5.97 Å². The molecule has 0 heterocycles. The molecule has 2 N–H and O–H groups in total. The predicted octanol–water partition coefficient (Wildman–Crippen LogP) is 2.52. The number of aromatic hydroxyl groups is 1. The van der Waals surface area contributed by atoms with Gasteiger partial charge < -0.3 is 10.2 Å². The van der Waals surface area contributed by atoms with Gasteiger partial charge in [-0.25, -0.2) is 0 Å². The van der Waals surface area contributed by atoms with Crippen molar-refractivity contribution in [1.82, 2.24) is 0 Å². The largest absolute Gasteiger partial charge is 0.508 e. The van der Waals surface area contributed by atoms with Crippen LogP contribution in [-0.2, 0) is 4.79 Å². The molecule has 0 spiro atoms. The Labute approximate surface area is 94.7 Å². The SMILES string of the molecule is Cc1ccc(O)c([C@H]2[C@H](C(=O)O)C2(C)C)c1. The van der Waals surface area contributed by atoms with E-state index in [4.69, 9.17) is 5.11 Å². The Balaban J connectivity index is 2.40. The van der Waals surface area contributed by atoms with Gasteiger partial charge in [-0.1, -0.05) is 31.5 Å². The van der Waals surface area contributed by atoms with E-state index in [0.717, 1.165) is 11.1 Å². The van der Waals surface area contributed by atoms with Crippen molar-refractivity contribution in [2.75, 3.05) is 0 Å². The molecule has 1 fully saturated rings. The molecule has 2 atom stereocenters. The van der Waals surface area contributed by atoms with Gasteiger partial charge in [0.25, 0.3) is 0 Å². The van der Waals surface area contributed by atoms with E-state index in [-0.39, 0.29) is 23.0 Å². The Kier molecular flexibility index (Phi) is 2.22. The number of phenolic OH excluding ortho intramolecular Hbond substituents is 1. The third kappa shape index (κ3) is 1.47. The molecule has 86 valence electrons. The molecule has 1 saturated carbocycles. The molecule has 3 nitrogen and oxygen atoms in total. The van der Waals surface area contributed by atoms with Gasteiger partial charge in [-0.2, -0.15) is 0 Å². The summed E-state index contributed by atoms with van der Waals surface area (Å²) in [6.45, 7) is 5.80. The molecule has 1 aliphatic rings. The molecule has 0 amide bonds. The van der Waals surface area contributed by atoms with Crippen molar-refractivity contribution < 1.29 is 15.0 Å². The summed E-state index contributed by atoms with van der Waals surface area (Å²) in [7, 11) is 0. The lowest BCUT2D eigenvalue weighted by Gasteiger charge is -2.06. The van der Waals surface area contributed by atoms with Crippen molar-refractivity contribution in [3.8, 4) is 5.75 Å². The van der Waals surface area contributed by atoms with E-state index < -0.39 is 5.97 Å². The van der Waals surface area contributed by atoms with Gasteiger partial charge in [0.1, 0.15) is 5.75 Å². The second-order valence-corrected chi connectivity index (χ2v) is 5.18. The quantitative estimate of drug-likeness (QED) is 0.805. The molecule has 3 heteroatoms. The van der Waals surface area contributed by atoms with Gasteiger partial charge in [-0.15, -0.1) is 0 Å². The molecule has 1 aliphatic carbocycles. The number of carboxylic acid groups (broad SMARTS) is 1. The zero-order valence-electron chi connectivity index (χ0n) is 9.69. The Bertz CT molecular complexity index is 448. The van der Waals surface area contributed by atoms with Gasteiger partial charge >= 0.3 is 5.97 Å². The minimum Gasteiger partial charge on any atom is -0.508 e. The third-order valence-corrected chi connectivity index (χ3v) is 3.61. The minimum absolute atomic E-state index is 0.0788. The number of hydrogen-bond donors (Lipinski definition) is 2. The van der Waals surface area contributed by atoms with Gasteiger partial charge in [0.15, 0.2) is 0 Å². The van der Waals surface area contributed by atoms with Gasteiger partial charge in [-0.3, -0.25) is 4.79 Å². The van der Waals surface area contributed by atoms with Crippen molar-refractivity contribution in [3.63, 3.8) is 0 Å². The van der Waals surface area contributed by atoms with Crippen LogP contribution >= 0.6 is 0 Å². The molecule has 16 heavy (non-hydrogen) atoms. The van der Waals surface area contributed by atoms with Crippen LogP contribution in [0.1, 0.15) is 30.9 Å². The highest BCUT2D eigenvalue weighted by atomic mass is 16.4. The van der Waals surface area contributed by atoms with Crippen LogP contribution in [0.3, 0.4) is 0 Å². The van der Waals surface area contributed by atoms with Gasteiger partial charge in [0.2, 0.25) is 0 Å². The second kappa shape index (κ2) is 3.24. The fourth-order valence-electron chi connectivity index (χ4n) is 2.60. The smallest absolute Gasteiger partial charge is 0.307 e. The van der Waals surface area contributed by atoms with Crippen molar-refractivity contribution in [1.29, 1.82) is 0 Å². The lowest BCUT2D eigenvalue weighted by atomic mass is 10.0. The minimum atomic E-state index is -0.782. The van der Waals surface area contributed by atoms with Crippen LogP contribution in [0, 0.1) is 18.3 Å². The predicted molar refractivity (Wildman–Crippen MR) is 60.5 cm³/mol. The van der Waals surface area contributed by atoms with Crippen LogP contribution in [-0.4, -0.2) is 16.2 Å². The zero-order chi connectivity index (χ0) is 12.1. The Hall–Kier alpha value is -1.51. The highest BCUT2D eigenvalue weighted by Gasteiger charge is 2.63. The number of rotatable bonds is 2. The van der Waals surface area contributed by atoms with E-state index in [1.165, 1.54) is 0 Å². The summed E-state index contributed by atoms with van der Waals surface area (Å²) in [6.07, 6.45) is 0. The molecule has 0 aliphatic heterocycles.